The predicted molar refractivity (Wildman–Crippen MR) is 76.5 cm³/mol. The molecule has 1 aromatic rings. The molecular formula is C14H17Cl2NO2. The summed E-state index contributed by atoms with van der Waals surface area (Å²) < 4.78 is 5.11. The van der Waals surface area contributed by atoms with Crippen molar-refractivity contribution < 1.29 is 9.53 Å². The van der Waals surface area contributed by atoms with Crippen molar-refractivity contribution in [2.45, 2.75) is 32.4 Å². The minimum atomic E-state index is -0.147. The molecule has 2 rings (SSSR count). The quantitative estimate of drug-likeness (QED) is 0.797. The van der Waals surface area contributed by atoms with Crippen molar-refractivity contribution in [3.63, 3.8) is 0 Å². The highest BCUT2D eigenvalue weighted by atomic mass is 35.5. The summed E-state index contributed by atoms with van der Waals surface area (Å²) >= 11 is 12.1. The van der Waals surface area contributed by atoms with E-state index in [9.17, 15) is 4.79 Å². The van der Waals surface area contributed by atoms with Crippen LogP contribution in [0.5, 0.6) is 0 Å². The molecule has 1 aromatic carbocycles. The van der Waals surface area contributed by atoms with Crippen LogP contribution in [0.2, 0.25) is 10.0 Å². The van der Waals surface area contributed by atoms with E-state index in [0.29, 0.717) is 23.2 Å². The molecule has 0 radical (unpaired) electrons. The zero-order chi connectivity index (χ0) is 13.8. The second kappa shape index (κ2) is 6.60. The number of rotatable bonds is 4. The summed E-state index contributed by atoms with van der Waals surface area (Å²) in [6, 6.07) is 5.31. The molecule has 0 saturated carbocycles. The fourth-order valence-electron chi connectivity index (χ4n) is 2.39. The number of carbonyl (C=O) groups excluding carboxylic acids is 1. The summed E-state index contributed by atoms with van der Waals surface area (Å²) in [5.41, 5.74) is 0.988. The maximum Gasteiger partial charge on any atom is 0.323 e. The lowest BCUT2D eigenvalue weighted by Crippen LogP contribution is -2.36. The summed E-state index contributed by atoms with van der Waals surface area (Å²) in [5.74, 6) is -0.134. The van der Waals surface area contributed by atoms with Crippen molar-refractivity contribution in [3.8, 4) is 0 Å². The van der Waals surface area contributed by atoms with Crippen LogP contribution in [0.4, 0.5) is 0 Å². The van der Waals surface area contributed by atoms with Gasteiger partial charge in [0.15, 0.2) is 0 Å². The Bertz CT molecular complexity index is 465. The van der Waals surface area contributed by atoms with Crippen molar-refractivity contribution in [2.24, 2.45) is 0 Å². The lowest BCUT2D eigenvalue weighted by molar-refractivity contribution is -0.148. The molecule has 0 amide bonds. The van der Waals surface area contributed by atoms with Crippen LogP contribution in [-0.2, 0) is 16.1 Å². The van der Waals surface area contributed by atoms with Crippen LogP contribution in [0.3, 0.4) is 0 Å². The molecule has 1 saturated heterocycles. The smallest absolute Gasteiger partial charge is 0.323 e. The Morgan fingerprint density at radius 3 is 2.95 bits per heavy atom. The minimum absolute atomic E-state index is 0.134. The normalized spacial score (nSPS) is 19.6. The van der Waals surface area contributed by atoms with Gasteiger partial charge in [0.1, 0.15) is 6.04 Å². The lowest BCUT2D eigenvalue weighted by Gasteiger charge is -2.23. The number of hydrogen-bond acceptors (Lipinski definition) is 3. The van der Waals surface area contributed by atoms with Gasteiger partial charge in [0, 0.05) is 16.6 Å². The van der Waals surface area contributed by atoms with Crippen LogP contribution < -0.4 is 0 Å². The molecule has 1 atom stereocenters. The maximum atomic E-state index is 11.9. The van der Waals surface area contributed by atoms with Crippen LogP contribution >= 0.6 is 23.2 Å². The van der Waals surface area contributed by atoms with E-state index in [1.165, 1.54) is 0 Å². The Balaban J connectivity index is 2.07. The van der Waals surface area contributed by atoms with Crippen molar-refractivity contribution in [3.05, 3.63) is 33.8 Å². The highest BCUT2D eigenvalue weighted by Gasteiger charge is 2.31. The number of ether oxygens (including phenoxy) is 1. The molecule has 5 heteroatoms. The van der Waals surface area contributed by atoms with E-state index in [2.05, 4.69) is 4.90 Å². The standard InChI is InChI=1S/C14H17Cl2NO2/c1-2-19-14(18)13-4-3-7-17(13)9-10-5-6-11(15)8-12(10)16/h5-6,8,13H,2-4,7,9H2,1H3. The molecule has 0 aromatic heterocycles. The average Bonchev–Trinajstić information content (AvgIpc) is 2.81. The van der Waals surface area contributed by atoms with Crippen LogP contribution in [0.15, 0.2) is 18.2 Å². The molecular weight excluding hydrogens is 285 g/mol. The molecule has 0 aliphatic carbocycles. The molecule has 0 spiro atoms. The number of hydrogen-bond donors (Lipinski definition) is 0. The summed E-state index contributed by atoms with van der Waals surface area (Å²) in [5, 5.41) is 1.26. The van der Waals surface area contributed by atoms with E-state index in [4.69, 9.17) is 27.9 Å². The minimum Gasteiger partial charge on any atom is -0.465 e. The molecule has 1 fully saturated rings. The molecule has 19 heavy (non-hydrogen) atoms. The third kappa shape index (κ3) is 3.62. The number of nitrogens with zero attached hydrogens (tertiary/aromatic N) is 1. The van der Waals surface area contributed by atoms with Crippen LogP contribution in [0.25, 0.3) is 0 Å². The van der Waals surface area contributed by atoms with E-state index >= 15 is 0 Å². The lowest BCUT2D eigenvalue weighted by atomic mass is 10.2. The third-order valence-electron chi connectivity index (χ3n) is 3.31. The topological polar surface area (TPSA) is 29.5 Å². The first-order valence-electron chi connectivity index (χ1n) is 6.46. The fraction of sp³-hybridized carbons (Fsp3) is 0.500. The molecule has 1 heterocycles. The first-order chi connectivity index (χ1) is 9.11. The van der Waals surface area contributed by atoms with Gasteiger partial charge in [-0.25, -0.2) is 0 Å². The largest absolute Gasteiger partial charge is 0.465 e. The molecule has 1 aliphatic heterocycles. The van der Waals surface area contributed by atoms with Gasteiger partial charge >= 0.3 is 5.97 Å². The summed E-state index contributed by atoms with van der Waals surface area (Å²) in [4.78, 5) is 14.0. The van der Waals surface area contributed by atoms with Gasteiger partial charge in [0.05, 0.1) is 6.61 Å². The predicted octanol–water partition coefficient (Wildman–Crippen LogP) is 3.52. The highest BCUT2D eigenvalue weighted by Crippen LogP contribution is 2.26. The van der Waals surface area contributed by atoms with Crippen LogP contribution in [0.1, 0.15) is 25.3 Å². The van der Waals surface area contributed by atoms with E-state index < -0.39 is 0 Å². The van der Waals surface area contributed by atoms with Gasteiger partial charge in [-0.15, -0.1) is 0 Å². The third-order valence-corrected chi connectivity index (χ3v) is 3.90. The highest BCUT2D eigenvalue weighted by molar-refractivity contribution is 6.35. The van der Waals surface area contributed by atoms with Crippen molar-refractivity contribution in [2.75, 3.05) is 13.2 Å². The van der Waals surface area contributed by atoms with E-state index in [-0.39, 0.29) is 12.0 Å². The Kier molecular flexibility index (Phi) is 5.08. The summed E-state index contributed by atoms with van der Waals surface area (Å²) in [6.07, 6.45) is 1.86. The van der Waals surface area contributed by atoms with Gasteiger partial charge in [-0.2, -0.15) is 0 Å². The zero-order valence-corrected chi connectivity index (χ0v) is 12.4. The average molecular weight is 302 g/mol. The maximum absolute atomic E-state index is 11.9. The van der Waals surface area contributed by atoms with Gasteiger partial charge in [-0.05, 0) is 44.0 Å². The number of likely N-dealkylation sites (tertiary alicyclic amines) is 1. The molecule has 104 valence electrons. The SMILES string of the molecule is CCOC(=O)C1CCCN1Cc1ccc(Cl)cc1Cl. The molecule has 0 N–H and O–H groups in total. The second-order valence-electron chi connectivity index (χ2n) is 4.62. The van der Waals surface area contributed by atoms with Gasteiger partial charge in [0.2, 0.25) is 0 Å². The van der Waals surface area contributed by atoms with Gasteiger partial charge in [-0.3, -0.25) is 9.69 Å². The van der Waals surface area contributed by atoms with E-state index in [0.717, 1.165) is 24.9 Å². The Morgan fingerprint density at radius 1 is 1.47 bits per heavy atom. The van der Waals surface area contributed by atoms with Gasteiger partial charge in [0.25, 0.3) is 0 Å². The second-order valence-corrected chi connectivity index (χ2v) is 5.46. The summed E-state index contributed by atoms with van der Waals surface area (Å²) in [6.45, 7) is 3.79. The number of halogens is 2. The number of carbonyl (C=O) groups is 1. The first-order valence-corrected chi connectivity index (χ1v) is 7.22. The fourth-order valence-corrected chi connectivity index (χ4v) is 2.86. The summed E-state index contributed by atoms with van der Waals surface area (Å²) in [7, 11) is 0. The zero-order valence-electron chi connectivity index (χ0n) is 10.9. The Labute approximate surface area is 123 Å². The van der Waals surface area contributed by atoms with E-state index in [1.54, 1.807) is 6.07 Å². The van der Waals surface area contributed by atoms with E-state index in [1.807, 2.05) is 19.1 Å². The van der Waals surface area contributed by atoms with Crippen LogP contribution in [0, 0.1) is 0 Å². The van der Waals surface area contributed by atoms with Crippen molar-refractivity contribution >= 4 is 29.2 Å². The molecule has 3 nitrogen and oxygen atoms in total. The van der Waals surface area contributed by atoms with Crippen molar-refractivity contribution in [1.29, 1.82) is 0 Å². The molecule has 1 unspecified atom stereocenters. The first kappa shape index (κ1) is 14.6. The van der Waals surface area contributed by atoms with Gasteiger partial charge < -0.3 is 4.74 Å². The number of esters is 1. The van der Waals surface area contributed by atoms with Gasteiger partial charge in [-0.1, -0.05) is 29.3 Å². The Morgan fingerprint density at radius 2 is 2.26 bits per heavy atom. The Hall–Kier alpha value is -0.770. The molecule has 0 bridgehead atoms. The molecule has 1 aliphatic rings. The van der Waals surface area contributed by atoms with Crippen molar-refractivity contribution in [1.82, 2.24) is 4.90 Å². The van der Waals surface area contributed by atoms with Crippen LogP contribution in [-0.4, -0.2) is 30.1 Å². The number of benzene rings is 1. The monoisotopic (exact) mass is 301 g/mol.